The summed E-state index contributed by atoms with van der Waals surface area (Å²) in [6, 6.07) is 5.93. The molecule has 5 N–H and O–H groups in total. The Bertz CT molecular complexity index is 1580. The Labute approximate surface area is 246 Å². The van der Waals surface area contributed by atoms with Crippen LogP contribution in [0.25, 0.3) is 22.1 Å². The Morgan fingerprint density at radius 3 is 2.60 bits per heavy atom. The lowest BCUT2D eigenvalue weighted by molar-refractivity contribution is -0.137. The van der Waals surface area contributed by atoms with E-state index in [1.165, 1.54) is 6.07 Å². The number of anilines is 1. The van der Waals surface area contributed by atoms with Crippen molar-refractivity contribution in [2.24, 2.45) is 17.8 Å². The Kier molecular flexibility index (Phi) is 7.66. The van der Waals surface area contributed by atoms with Gasteiger partial charge in [0.2, 0.25) is 0 Å². The molecule has 0 unspecified atom stereocenters. The van der Waals surface area contributed by atoms with Crippen molar-refractivity contribution >= 4 is 39.4 Å². The molecular formula is C30H36ClF3N6O2. The number of nitrogens with two attached hydrogens (primary N) is 1. The van der Waals surface area contributed by atoms with Crippen molar-refractivity contribution in [2.75, 3.05) is 18.8 Å². The largest absolute Gasteiger partial charge is 0.417 e. The number of nitrogens with one attached hydrogen (secondary N) is 1. The number of nitrogens with zero attached hydrogens (tertiary/aromatic N) is 4. The number of aromatic amines is 1. The lowest BCUT2D eigenvalue weighted by Gasteiger charge is -2.40. The molecule has 3 aromatic heterocycles. The molecule has 4 atom stereocenters. The third kappa shape index (κ3) is 5.47. The van der Waals surface area contributed by atoms with Gasteiger partial charge in [-0.1, -0.05) is 11.6 Å². The zero-order valence-electron chi connectivity index (χ0n) is 23.5. The second-order valence-corrected chi connectivity index (χ2v) is 12.8. The molecule has 0 saturated heterocycles. The summed E-state index contributed by atoms with van der Waals surface area (Å²) in [5.74, 6) is 1.46. The smallest absolute Gasteiger partial charge is 0.398 e. The number of halogens is 4. The van der Waals surface area contributed by atoms with Crippen LogP contribution in [0.1, 0.15) is 50.5 Å². The van der Waals surface area contributed by atoms with Gasteiger partial charge in [-0.15, -0.1) is 0 Å². The monoisotopic (exact) mass is 604 g/mol. The summed E-state index contributed by atoms with van der Waals surface area (Å²) in [4.78, 5) is 14.4. The molecule has 0 spiro atoms. The fourth-order valence-corrected chi connectivity index (χ4v) is 7.16. The van der Waals surface area contributed by atoms with E-state index in [9.17, 15) is 23.4 Å². The number of alkyl halides is 3. The van der Waals surface area contributed by atoms with Crippen molar-refractivity contribution in [3.8, 4) is 0 Å². The molecule has 4 aromatic rings. The van der Waals surface area contributed by atoms with Gasteiger partial charge < -0.3 is 30.4 Å². The standard InChI is InChI=1S/C30H36ClF3N6O2/c1-15(2)39(14-18-10-25(28(42)27(18)41)40-6-4-19-22(35)3-5-36-29(19)40)13-17-7-16(8-17)9-26-37-23-11-20(30(32,33)34)21(31)12-24(23)38-26/h3-6,11-12,15-18,25,27-28,41-42H,7-10,13-14H2,1-2H3,(H2,35,36)(H,37,38)/t16?,17?,18-,25-,27-,28+/m1/s1. The lowest BCUT2D eigenvalue weighted by atomic mass is 9.72. The van der Waals surface area contributed by atoms with Crippen molar-refractivity contribution < 1.29 is 23.4 Å². The summed E-state index contributed by atoms with van der Waals surface area (Å²) in [5.41, 5.74) is 7.35. The summed E-state index contributed by atoms with van der Waals surface area (Å²) in [6.07, 6.45) is 0.572. The van der Waals surface area contributed by atoms with E-state index in [0.29, 0.717) is 59.4 Å². The first-order valence-electron chi connectivity index (χ1n) is 14.5. The molecule has 1 aromatic carbocycles. The van der Waals surface area contributed by atoms with Gasteiger partial charge in [0, 0.05) is 54.9 Å². The first-order valence-corrected chi connectivity index (χ1v) is 14.8. The van der Waals surface area contributed by atoms with Crippen LogP contribution in [0.4, 0.5) is 18.9 Å². The number of rotatable bonds is 8. The van der Waals surface area contributed by atoms with Gasteiger partial charge in [-0.2, -0.15) is 13.2 Å². The molecule has 0 amide bonds. The van der Waals surface area contributed by atoms with Gasteiger partial charge in [0.25, 0.3) is 0 Å². The predicted octanol–water partition coefficient (Wildman–Crippen LogP) is 5.43. The van der Waals surface area contributed by atoms with E-state index < -0.39 is 23.9 Å². The molecule has 8 nitrogen and oxygen atoms in total. The highest BCUT2D eigenvalue weighted by Gasteiger charge is 2.44. The topological polar surface area (TPSA) is 116 Å². The van der Waals surface area contributed by atoms with E-state index in [-0.39, 0.29) is 23.0 Å². The summed E-state index contributed by atoms with van der Waals surface area (Å²) in [6.45, 7) is 5.85. The second-order valence-electron chi connectivity index (χ2n) is 12.4. The fourth-order valence-electron chi connectivity index (χ4n) is 6.89. The van der Waals surface area contributed by atoms with Crippen molar-refractivity contribution in [3.63, 3.8) is 0 Å². The molecule has 3 heterocycles. The van der Waals surface area contributed by atoms with Crippen molar-refractivity contribution in [1.82, 2.24) is 24.4 Å². The maximum absolute atomic E-state index is 13.2. The Morgan fingerprint density at radius 1 is 1.12 bits per heavy atom. The van der Waals surface area contributed by atoms with Gasteiger partial charge in [-0.3, -0.25) is 0 Å². The number of fused-ring (bicyclic) bond motifs is 2. The number of benzene rings is 1. The van der Waals surface area contributed by atoms with Crippen LogP contribution in [-0.4, -0.2) is 66.0 Å². The predicted molar refractivity (Wildman–Crippen MR) is 156 cm³/mol. The van der Waals surface area contributed by atoms with Gasteiger partial charge in [0.15, 0.2) is 0 Å². The minimum atomic E-state index is -4.52. The highest BCUT2D eigenvalue weighted by molar-refractivity contribution is 6.32. The second kappa shape index (κ2) is 11.0. The number of aliphatic hydroxyl groups excluding tert-OH is 2. The number of pyridine rings is 1. The highest BCUT2D eigenvalue weighted by Crippen LogP contribution is 2.41. The van der Waals surface area contributed by atoms with E-state index >= 15 is 0 Å². The number of hydrogen-bond acceptors (Lipinski definition) is 6. The van der Waals surface area contributed by atoms with E-state index in [0.717, 1.165) is 30.8 Å². The maximum atomic E-state index is 13.2. The molecule has 0 aliphatic heterocycles. The molecule has 42 heavy (non-hydrogen) atoms. The summed E-state index contributed by atoms with van der Waals surface area (Å²) in [5, 5.41) is 22.5. The summed E-state index contributed by atoms with van der Waals surface area (Å²) in [7, 11) is 0. The number of nitrogen functional groups attached to an aromatic ring is 1. The Balaban J connectivity index is 1.06. The third-order valence-electron chi connectivity index (χ3n) is 9.21. The molecule has 2 saturated carbocycles. The molecule has 226 valence electrons. The van der Waals surface area contributed by atoms with Gasteiger partial charge in [0.05, 0.1) is 33.8 Å². The van der Waals surface area contributed by atoms with Crippen LogP contribution in [0.3, 0.4) is 0 Å². The van der Waals surface area contributed by atoms with Gasteiger partial charge in [0.1, 0.15) is 17.6 Å². The maximum Gasteiger partial charge on any atom is 0.417 e. The first-order chi connectivity index (χ1) is 19.9. The molecule has 6 rings (SSSR count). The highest BCUT2D eigenvalue weighted by atomic mass is 35.5. The minimum absolute atomic E-state index is 0.0919. The average Bonchev–Trinajstić information content (AvgIpc) is 3.57. The molecule has 0 bridgehead atoms. The number of hydrogen-bond donors (Lipinski definition) is 4. The SMILES string of the molecule is CC(C)N(CC1CC(Cc2nc3cc(Cl)c(C(F)(F)F)cc3[nH]2)C1)C[C@H]1C[C@@H](n2ccc3c(N)ccnc32)[C@H](O)[C@@H]1O. The van der Waals surface area contributed by atoms with Gasteiger partial charge in [-0.25, -0.2) is 9.97 Å². The van der Waals surface area contributed by atoms with Crippen molar-refractivity contribution in [3.05, 3.63) is 53.1 Å². The van der Waals surface area contributed by atoms with Gasteiger partial charge in [-0.05, 0) is 69.2 Å². The minimum Gasteiger partial charge on any atom is -0.398 e. The van der Waals surface area contributed by atoms with Crippen LogP contribution in [-0.2, 0) is 12.6 Å². The number of aliphatic hydroxyl groups is 2. The van der Waals surface area contributed by atoms with Crippen LogP contribution >= 0.6 is 11.6 Å². The third-order valence-corrected chi connectivity index (χ3v) is 9.52. The Morgan fingerprint density at radius 2 is 1.88 bits per heavy atom. The summed E-state index contributed by atoms with van der Waals surface area (Å²) >= 11 is 5.86. The van der Waals surface area contributed by atoms with E-state index in [2.05, 4.69) is 33.7 Å². The average molecular weight is 605 g/mol. The lowest BCUT2D eigenvalue weighted by Crippen LogP contribution is -2.44. The molecule has 0 radical (unpaired) electrons. The summed E-state index contributed by atoms with van der Waals surface area (Å²) < 4.78 is 41.6. The quantitative estimate of drug-likeness (QED) is 0.213. The number of H-pyrrole nitrogens is 1. The van der Waals surface area contributed by atoms with E-state index in [1.807, 2.05) is 16.8 Å². The number of imidazole rings is 1. The zero-order chi connectivity index (χ0) is 29.9. The van der Waals surface area contributed by atoms with Gasteiger partial charge >= 0.3 is 6.18 Å². The van der Waals surface area contributed by atoms with Crippen molar-refractivity contribution in [2.45, 2.75) is 70.0 Å². The molecule has 2 aliphatic carbocycles. The molecule has 2 fully saturated rings. The number of aromatic nitrogens is 4. The molecule has 2 aliphatic rings. The first kappa shape index (κ1) is 29.2. The van der Waals surface area contributed by atoms with Crippen LogP contribution in [0.15, 0.2) is 36.7 Å². The van der Waals surface area contributed by atoms with Crippen LogP contribution in [0, 0.1) is 17.8 Å². The Hall–Kier alpha value is -2.86. The molecule has 12 heteroatoms. The van der Waals surface area contributed by atoms with Crippen LogP contribution in [0.5, 0.6) is 0 Å². The van der Waals surface area contributed by atoms with E-state index in [4.69, 9.17) is 17.3 Å². The van der Waals surface area contributed by atoms with E-state index in [1.54, 1.807) is 12.3 Å². The van der Waals surface area contributed by atoms with Crippen LogP contribution < -0.4 is 5.73 Å². The van der Waals surface area contributed by atoms with Crippen LogP contribution in [0.2, 0.25) is 5.02 Å². The normalized spacial score (nSPS) is 26.6. The van der Waals surface area contributed by atoms with Crippen molar-refractivity contribution in [1.29, 1.82) is 0 Å². The fraction of sp³-hybridized carbons (Fsp3) is 0.533. The molecular weight excluding hydrogens is 569 g/mol. The zero-order valence-corrected chi connectivity index (χ0v) is 24.3.